The second-order valence-corrected chi connectivity index (χ2v) is 5.94. The van der Waals surface area contributed by atoms with Gasteiger partial charge in [-0.15, -0.1) is 0 Å². The molecule has 0 unspecified atom stereocenters. The monoisotopic (exact) mass is 357 g/mol. The van der Waals surface area contributed by atoms with Crippen molar-refractivity contribution in [2.75, 3.05) is 0 Å². The minimum atomic E-state index is -0.253. The first-order chi connectivity index (χ1) is 11.6. The molecule has 120 valence electrons. The first-order valence-electron chi connectivity index (χ1n) is 7.22. The molecule has 2 heterocycles. The Morgan fingerprint density at radius 3 is 2.71 bits per heavy atom. The van der Waals surface area contributed by atoms with E-state index in [0.717, 1.165) is 16.8 Å². The maximum Gasteiger partial charge on any atom is 0.253 e. The average molecular weight is 358 g/mol. The molecular weight excluding hydrogens is 345 g/mol. The largest absolute Gasteiger partial charge is 0.348 e. The number of benzene rings is 1. The van der Waals surface area contributed by atoms with Crippen LogP contribution in [-0.2, 0) is 6.54 Å². The summed E-state index contributed by atoms with van der Waals surface area (Å²) in [6.45, 7) is 0.369. The molecule has 3 aromatic rings. The van der Waals surface area contributed by atoms with Gasteiger partial charge in [-0.2, -0.15) is 0 Å². The number of amides is 1. The van der Waals surface area contributed by atoms with Gasteiger partial charge in [-0.1, -0.05) is 23.2 Å². The Morgan fingerprint density at radius 2 is 1.96 bits per heavy atom. The minimum Gasteiger partial charge on any atom is -0.348 e. The number of rotatable bonds is 4. The van der Waals surface area contributed by atoms with E-state index in [1.165, 1.54) is 0 Å². The highest BCUT2D eigenvalue weighted by atomic mass is 35.5. The number of nitrogens with zero attached hydrogens (tertiary/aromatic N) is 2. The molecule has 0 aliphatic rings. The van der Waals surface area contributed by atoms with Crippen molar-refractivity contribution in [3.63, 3.8) is 0 Å². The highest BCUT2D eigenvalue weighted by molar-refractivity contribution is 6.36. The van der Waals surface area contributed by atoms with E-state index < -0.39 is 0 Å². The minimum absolute atomic E-state index is 0.253. The Bertz CT molecular complexity index is 869. The fourth-order valence-corrected chi connectivity index (χ4v) is 2.70. The Labute approximate surface area is 149 Å². The summed E-state index contributed by atoms with van der Waals surface area (Å²) in [5, 5.41) is 3.66. The van der Waals surface area contributed by atoms with Crippen molar-refractivity contribution in [2.45, 2.75) is 6.54 Å². The van der Waals surface area contributed by atoms with Crippen LogP contribution in [0.2, 0.25) is 10.0 Å². The van der Waals surface area contributed by atoms with Crippen molar-refractivity contribution < 1.29 is 4.79 Å². The third-order valence-corrected chi connectivity index (χ3v) is 3.96. The van der Waals surface area contributed by atoms with Gasteiger partial charge in [0.25, 0.3) is 5.91 Å². The van der Waals surface area contributed by atoms with Gasteiger partial charge < -0.3 is 5.32 Å². The number of pyridine rings is 2. The van der Waals surface area contributed by atoms with Crippen molar-refractivity contribution >= 4 is 29.1 Å². The zero-order valence-electron chi connectivity index (χ0n) is 12.5. The Balaban J connectivity index is 1.72. The van der Waals surface area contributed by atoms with Crippen molar-refractivity contribution in [2.24, 2.45) is 0 Å². The summed E-state index contributed by atoms with van der Waals surface area (Å²) in [4.78, 5) is 20.7. The molecule has 0 aliphatic carbocycles. The number of carbonyl (C=O) groups is 1. The van der Waals surface area contributed by atoms with Crippen LogP contribution in [0.15, 0.2) is 61.1 Å². The lowest BCUT2D eigenvalue weighted by Crippen LogP contribution is -2.23. The molecule has 0 spiro atoms. The fourth-order valence-electron chi connectivity index (χ4n) is 2.21. The third-order valence-electron chi connectivity index (χ3n) is 3.41. The summed E-state index contributed by atoms with van der Waals surface area (Å²) < 4.78 is 0. The standard InChI is InChI=1S/C18H13Cl2N3O/c19-14-3-4-15(16(20)9-14)18(24)23-10-12-5-7-22-17(8-12)13-2-1-6-21-11-13/h1-9,11H,10H2,(H,23,24). The van der Waals surface area contributed by atoms with Gasteiger partial charge in [0.15, 0.2) is 0 Å². The fraction of sp³-hybridized carbons (Fsp3) is 0.0556. The topological polar surface area (TPSA) is 54.9 Å². The van der Waals surface area contributed by atoms with E-state index in [2.05, 4.69) is 15.3 Å². The summed E-state index contributed by atoms with van der Waals surface area (Å²) in [5.74, 6) is -0.253. The number of hydrogen-bond acceptors (Lipinski definition) is 3. The summed E-state index contributed by atoms with van der Waals surface area (Å²) >= 11 is 11.9. The predicted molar refractivity (Wildman–Crippen MR) is 95.1 cm³/mol. The zero-order valence-corrected chi connectivity index (χ0v) is 14.1. The summed E-state index contributed by atoms with van der Waals surface area (Å²) in [7, 11) is 0. The van der Waals surface area contributed by atoms with E-state index in [4.69, 9.17) is 23.2 Å². The number of carbonyl (C=O) groups excluding carboxylic acids is 1. The van der Waals surface area contributed by atoms with E-state index in [-0.39, 0.29) is 5.91 Å². The lowest BCUT2D eigenvalue weighted by atomic mass is 10.1. The van der Waals surface area contributed by atoms with Crippen LogP contribution < -0.4 is 5.32 Å². The smallest absolute Gasteiger partial charge is 0.253 e. The lowest BCUT2D eigenvalue weighted by Gasteiger charge is -2.08. The van der Waals surface area contributed by atoms with Gasteiger partial charge in [-0.3, -0.25) is 14.8 Å². The molecule has 1 N–H and O–H groups in total. The Morgan fingerprint density at radius 1 is 1.08 bits per heavy atom. The quantitative estimate of drug-likeness (QED) is 0.753. The molecule has 0 fully saturated rings. The van der Waals surface area contributed by atoms with Gasteiger partial charge in [0.1, 0.15) is 0 Å². The number of aromatic nitrogens is 2. The van der Waals surface area contributed by atoms with Crippen molar-refractivity contribution in [3.8, 4) is 11.3 Å². The third kappa shape index (κ3) is 3.91. The Kier molecular flexibility index (Phi) is 5.08. The molecule has 0 radical (unpaired) electrons. The normalized spacial score (nSPS) is 10.4. The van der Waals surface area contributed by atoms with Crippen LogP contribution in [0.5, 0.6) is 0 Å². The molecule has 1 amide bonds. The van der Waals surface area contributed by atoms with Crippen LogP contribution in [0.3, 0.4) is 0 Å². The Hall–Kier alpha value is -2.43. The second kappa shape index (κ2) is 7.43. The molecule has 1 aromatic carbocycles. The summed E-state index contributed by atoms with van der Waals surface area (Å²) in [6, 6.07) is 12.3. The molecule has 0 aliphatic heterocycles. The van der Waals surface area contributed by atoms with Gasteiger partial charge in [0.05, 0.1) is 16.3 Å². The summed E-state index contributed by atoms with van der Waals surface area (Å²) in [5.41, 5.74) is 3.05. The van der Waals surface area contributed by atoms with Crippen molar-refractivity contribution in [3.05, 3.63) is 82.2 Å². The van der Waals surface area contributed by atoms with Crippen LogP contribution in [0.4, 0.5) is 0 Å². The first-order valence-corrected chi connectivity index (χ1v) is 7.97. The van der Waals surface area contributed by atoms with Crippen molar-refractivity contribution in [1.29, 1.82) is 0 Å². The zero-order chi connectivity index (χ0) is 16.9. The molecule has 6 heteroatoms. The molecule has 2 aromatic heterocycles. The molecule has 4 nitrogen and oxygen atoms in total. The van der Waals surface area contributed by atoms with Crippen LogP contribution in [0.25, 0.3) is 11.3 Å². The number of hydrogen-bond donors (Lipinski definition) is 1. The summed E-state index contributed by atoms with van der Waals surface area (Å²) in [6.07, 6.45) is 5.17. The van der Waals surface area contributed by atoms with Crippen molar-refractivity contribution in [1.82, 2.24) is 15.3 Å². The SMILES string of the molecule is O=C(NCc1ccnc(-c2cccnc2)c1)c1ccc(Cl)cc1Cl. The van der Waals surface area contributed by atoms with E-state index in [1.807, 2.05) is 24.3 Å². The maximum atomic E-state index is 12.2. The van der Waals surface area contributed by atoms with Crippen LogP contribution >= 0.6 is 23.2 Å². The lowest BCUT2D eigenvalue weighted by molar-refractivity contribution is 0.0951. The predicted octanol–water partition coefficient (Wildman–Crippen LogP) is 4.38. The first kappa shape index (κ1) is 16.4. The van der Waals surface area contributed by atoms with E-state index >= 15 is 0 Å². The van der Waals surface area contributed by atoms with E-state index in [1.54, 1.807) is 36.8 Å². The average Bonchev–Trinajstić information content (AvgIpc) is 2.61. The van der Waals surface area contributed by atoms with Gasteiger partial charge in [-0.25, -0.2) is 0 Å². The number of nitrogens with one attached hydrogen (secondary N) is 1. The molecule has 0 bridgehead atoms. The maximum absolute atomic E-state index is 12.2. The van der Waals surface area contributed by atoms with Gasteiger partial charge in [-0.05, 0) is 48.0 Å². The molecule has 24 heavy (non-hydrogen) atoms. The number of halogens is 2. The molecule has 0 saturated carbocycles. The molecule has 0 saturated heterocycles. The second-order valence-electron chi connectivity index (χ2n) is 5.10. The van der Waals surface area contributed by atoms with E-state index in [0.29, 0.717) is 22.2 Å². The van der Waals surface area contributed by atoms with Gasteiger partial charge >= 0.3 is 0 Å². The van der Waals surface area contributed by atoms with Crippen LogP contribution in [0, 0.1) is 0 Å². The molecule has 0 atom stereocenters. The highest BCUT2D eigenvalue weighted by Crippen LogP contribution is 2.21. The highest BCUT2D eigenvalue weighted by Gasteiger charge is 2.10. The molecular formula is C18H13Cl2N3O. The van der Waals surface area contributed by atoms with E-state index in [9.17, 15) is 4.79 Å². The van der Waals surface area contributed by atoms with Gasteiger partial charge in [0, 0.05) is 35.7 Å². The van der Waals surface area contributed by atoms with Gasteiger partial charge in [0.2, 0.25) is 0 Å². The van der Waals surface area contributed by atoms with Crippen LogP contribution in [0.1, 0.15) is 15.9 Å². The molecule has 3 rings (SSSR count). The van der Waals surface area contributed by atoms with Crippen LogP contribution in [-0.4, -0.2) is 15.9 Å².